The zero-order valence-corrected chi connectivity index (χ0v) is 12.8. The predicted molar refractivity (Wildman–Crippen MR) is 82.4 cm³/mol. The van der Waals surface area contributed by atoms with Crippen LogP contribution in [0.25, 0.3) is 0 Å². The minimum atomic E-state index is -0.284. The highest BCUT2D eigenvalue weighted by Gasteiger charge is 2.21. The summed E-state index contributed by atoms with van der Waals surface area (Å²) in [5, 5.41) is 12.5. The number of rotatable bonds is 5. The first kappa shape index (κ1) is 15.8. The lowest BCUT2D eigenvalue weighted by atomic mass is 9.93. The first-order valence-corrected chi connectivity index (χ1v) is 7.75. The Morgan fingerprint density at radius 2 is 2.05 bits per heavy atom. The van der Waals surface area contributed by atoms with Crippen molar-refractivity contribution >= 4 is 5.91 Å². The van der Waals surface area contributed by atoms with Crippen LogP contribution in [0.4, 0.5) is 0 Å². The molecule has 4 heteroatoms. The second-order valence-corrected chi connectivity index (χ2v) is 6.10. The molecule has 1 aliphatic carbocycles. The molecule has 0 spiro atoms. The van der Waals surface area contributed by atoms with Gasteiger partial charge >= 0.3 is 0 Å². The molecule has 21 heavy (non-hydrogen) atoms. The van der Waals surface area contributed by atoms with E-state index in [1.807, 2.05) is 24.3 Å². The average Bonchev–Trinajstić information content (AvgIpc) is 2.45. The highest BCUT2D eigenvalue weighted by atomic mass is 16.5. The van der Waals surface area contributed by atoms with Crippen molar-refractivity contribution in [1.82, 2.24) is 5.32 Å². The molecular weight excluding hydrogens is 266 g/mol. The summed E-state index contributed by atoms with van der Waals surface area (Å²) in [6.07, 6.45) is 3.10. The third kappa shape index (κ3) is 5.05. The fourth-order valence-corrected chi connectivity index (χ4v) is 2.66. The van der Waals surface area contributed by atoms with Crippen molar-refractivity contribution in [3.8, 4) is 5.75 Å². The number of aliphatic hydroxyl groups excluding tert-OH is 1. The topological polar surface area (TPSA) is 58.6 Å². The summed E-state index contributed by atoms with van der Waals surface area (Å²) in [5.41, 5.74) is 1.25. The van der Waals surface area contributed by atoms with E-state index in [4.69, 9.17) is 4.74 Å². The van der Waals surface area contributed by atoms with E-state index in [9.17, 15) is 9.90 Å². The smallest absolute Gasteiger partial charge is 0.258 e. The van der Waals surface area contributed by atoms with Gasteiger partial charge in [-0.15, -0.1) is 0 Å². The van der Waals surface area contributed by atoms with Gasteiger partial charge in [0.2, 0.25) is 0 Å². The monoisotopic (exact) mass is 291 g/mol. The van der Waals surface area contributed by atoms with Crippen LogP contribution in [0.3, 0.4) is 0 Å². The van der Waals surface area contributed by atoms with Crippen LogP contribution in [-0.2, 0) is 4.79 Å². The number of aliphatic hydroxyl groups is 1. The van der Waals surface area contributed by atoms with Gasteiger partial charge in [-0.2, -0.15) is 0 Å². The van der Waals surface area contributed by atoms with Crippen molar-refractivity contribution in [2.45, 2.75) is 57.6 Å². The number of ether oxygens (including phenoxy) is 1. The second-order valence-electron chi connectivity index (χ2n) is 6.10. The number of nitrogens with one attached hydrogen (secondary N) is 1. The van der Waals surface area contributed by atoms with E-state index in [1.165, 1.54) is 5.56 Å². The summed E-state index contributed by atoms with van der Waals surface area (Å²) < 4.78 is 5.50. The van der Waals surface area contributed by atoms with E-state index in [1.54, 1.807) is 0 Å². The fraction of sp³-hybridized carbons (Fsp3) is 0.588. The van der Waals surface area contributed by atoms with E-state index >= 15 is 0 Å². The van der Waals surface area contributed by atoms with Crippen LogP contribution in [0.1, 0.15) is 51.0 Å². The average molecular weight is 291 g/mol. The van der Waals surface area contributed by atoms with Crippen molar-refractivity contribution in [3.63, 3.8) is 0 Å². The molecule has 1 amide bonds. The van der Waals surface area contributed by atoms with E-state index in [0.717, 1.165) is 19.3 Å². The Kier molecular flexibility index (Phi) is 5.62. The minimum absolute atomic E-state index is 0.0214. The number of carbonyl (C=O) groups excluding carboxylic acids is 1. The largest absolute Gasteiger partial charge is 0.484 e. The van der Waals surface area contributed by atoms with E-state index in [0.29, 0.717) is 18.1 Å². The van der Waals surface area contributed by atoms with Gasteiger partial charge in [0.05, 0.1) is 6.10 Å². The number of amides is 1. The van der Waals surface area contributed by atoms with E-state index < -0.39 is 0 Å². The molecule has 0 aliphatic heterocycles. The van der Waals surface area contributed by atoms with Gasteiger partial charge < -0.3 is 15.2 Å². The molecule has 0 aromatic heterocycles. The molecule has 0 saturated heterocycles. The van der Waals surface area contributed by atoms with E-state index in [2.05, 4.69) is 19.2 Å². The van der Waals surface area contributed by atoms with Crippen LogP contribution in [0.15, 0.2) is 24.3 Å². The van der Waals surface area contributed by atoms with Crippen LogP contribution >= 0.6 is 0 Å². The molecule has 0 unspecified atom stereocenters. The Bertz CT molecular complexity index is 456. The van der Waals surface area contributed by atoms with Crippen molar-refractivity contribution < 1.29 is 14.6 Å². The normalized spacial score (nSPS) is 22.1. The van der Waals surface area contributed by atoms with Gasteiger partial charge in [0.15, 0.2) is 6.61 Å². The first-order valence-electron chi connectivity index (χ1n) is 7.75. The summed E-state index contributed by atoms with van der Waals surface area (Å²) in [4.78, 5) is 11.8. The van der Waals surface area contributed by atoms with Crippen LogP contribution in [0.2, 0.25) is 0 Å². The summed E-state index contributed by atoms with van der Waals surface area (Å²) in [7, 11) is 0. The first-order chi connectivity index (χ1) is 10.0. The molecule has 4 nitrogen and oxygen atoms in total. The lowest BCUT2D eigenvalue weighted by Gasteiger charge is -2.26. The quantitative estimate of drug-likeness (QED) is 0.876. The second kappa shape index (κ2) is 7.46. The predicted octanol–water partition coefficient (Wildman–Crippen LogP) is 2.61. The number of benzene rings is 1. The number of hydrogen-bond donors (Lipinski definition) is 2. The Labute approximate surface area is 126 Å². The van der Waals surface area contributed by atoms with Gasteiger partial charge in [-0.3, -0.25) is 4.79 Å². The van der Waals surface area contributed by atoms with E-state index in [-0.39, 0.29) is 24.7 Å². The molecule has 1 fully saturated rings. The molecule has 0 heterocycles. The van der Waals surface area contributed by atoms with Crippen molar-refractivity contribution in [2.75, 3.05) is 6.61 Å². The molecular formula is C17H25NO3. The molecule has 1 saturated carbocycles. The maximum Gasteiger partial charge on any atom is 0.258 e. The Hall–Kier alpha value is -1.55. The SMILES string of the molecule is CC(C)c1ccc(OCC(=O)N[C@H]2CCC[C@@H](O)C2)cc1. The maximum atomic E-state index is 11.8. The number of carbonyl (C=O) groups is 1. The van der Waals surface area contributed by atoms with Gasteiger partial charge in [-0.1, -0.05) is 26.0 Å². The van der Waals surface area contributed by atoms with Gasteiger partial charge in [0.1, 0.15) is 5.75 Å². The molecule has 1 aliphatic rings. The van der Waals surface area contributed by atoms with Crippen molar-refractivity contribution in [3.05, 3.63) is 29.8 Å². The van der Waals surface area contributed by atoms with Crippen molar-refractivity contribution in [1.29, 1.82) is 0 Å². The zero-order valence-electron chi connectivity index (χ0n) is 12.8. The molecule has 2 rings (SSSR count). The summed E-state index contributed by atoms with van der Waals surface area (Å²) >= 11 is 0. The van der Waals surface area contributed by atoms with Gasteiger partial charge in [-0.05, 0) is 49.3 Å². The molecule has 116 valence electrons. The van der Waals surface area contributed by atoms with Crippen LogP contribution in [0, 0.1) is 0 Å². The zero-order chi connectivity index (χ0) is 15.2. The molecule has 1 aromatic carbocycles. The third-order valence-corrected chi connectivity index (χ3v) is 3.93. The number of hydrogen-bond acceptors (Lipinski definition) is 3. The van der Waals surface area contributed by atoms with Crippen LogP contribution in [-0.4, -0.2) is 29.8 Å². The Balaban J connectivity index is 1.75. The van der Waals surface area contributed by atoms with Crippen LogP contribution < -0.4 is 10.1 Å². The maximum absolute atomic E-state index is 11.8. The summed E-state index contributed by atoms with van der Waals surface area (Å²) in [6.45, 7) is 4.30. The van der Waals surface area contributed by atoms with Gasteiger partial charge in [0, 0.05) is 6.04 Å². The lowest BCUT2D eigenvalue weighted by molar-refractivity contribution is -0.124. The van der Waals surface area contributed by atoms with Crippen molar-refractivity contribution in [2.24, 2.45) is 0 Å². The Morgan fingerprint density at radius 3 is 2.67 bits per heavy atom. The third-order valence-electron chi connectivity index (χ3n) is 3.93. The standard InChI is InChI=1S/C17H25NO3/c1-12(2)13-6-8-16(9-7-13)21-11-17(20)18-14-4-3-5-15(19)10-14/h6-9,12,14-15,19H,3-5,10-11H2,1-2H3,(H,18,20)/t14-,15+/m0/s1. The molecule has 2 atom stereocenters. The fourth-order valence-electron chi connectivity index (χ4n) is 2.66. The highest BCUT2D eigenvalue weighted by Crippen LogP contribution is 2.19. The lowest BCUT2D eigenvalue weighted by Crippen LogP contribution is -2.41. The Morgan fingerprint density at radius 1 is 1.33 bits per heavy atom. The van der Waals surface area contributed by atoms with Crippen LogP contribution in [0.5, 0.6) is 5.75 Å². The molecule has 0 radical (unpaired) electrons. The highest BCUT2D eigenvalue weighted by molar-refractivity contribution is 5.77. The summed E-state index contributed by atoms with van der Waals surface area (Å²) in [5.74, 6) is 1.07. The molecule has 0 bridgehead atoms. The van der Waals surface area contributed by atoms with Gasteiger partial charge in [0.25, 0.3) is 5.91 Å². The van der Waals surface area contributed by atoms with Gasteiger partial charge in [-0.25, -0.2) is 0 Å². The molecule has 2 N–H and O–H groups in total. The molecule has 1 aromatic rings. The summed E-state index contributed by atoms with van der Waals surface area (Å²) in [6, 6.07) is 7.92. The minimum Gasteiger partial charge on any atom is -0.484 e.